The number of benzene rings is 2. The van der Waals surface area contributed by atoms with Crippen molar-refractivity contribution in [1.82, 2.24) is 24.8 Å². The second-order valence-electron chi connectivity index (χ2n) is 10.2. The topological polar surface area (TPSA) is 129 Å². The highest BCUT2D eigenvalue weighted by Crippen LogP contribution is 2.26. The largest absolute Gasteiger partial charge is 0.361 e. The number of fused-ring (bicyclic) bond motifs is 2. The van der Waals surface area contributed by atoms with Gasteiger partial charge in [0, 0.05) is 49.1 Å². The molecule has 0 radical (unpaired) electrons. The Bertz CT molecular complexity index is 1460. The number of H-pyrrole nitrogens is 2. The van der Waals surface area contributed by atoms with E-state index in [1.165, 1.54) is 0 Å². The number of nitrogens with zero attached hydrogens (tertiary/aromatic N) is 2. The Morgan fingerprint density at radius 2 is 1.74 bits per heavy atom. The summed E-state index contributed by atoms with van der Waals surface area (Å²) in [6.45, 7) is 1.68. The molecule has 200 valence electrons. The van der Waals surface area contributed by atoms with Gasteiger partial charge in [-0.15, -0.1) is 0 Å². The van der Waals surface area contributed by atoms with E-state index in [1.807, 2.05) is 64.2 Å². The number of nitrogens with two attached hydrogens (primary N) is 1. The van der Waals surface area contributed by atoms with Gasteiger partial charge in [0.1, 0.15) is 6.04 Å². The number of hydrogen-bond acceptors (Lipinski definition) is 4. The van der Waals surface area contributed by atoms with Crippen molar-refractivity contribution in [2.75, 3.05) is 19.6 Å². The first kappa shape index (κ1) is 25.8. The van der Waals surface area contributed by atoms with Crippen molar-refractivity contribution in [3.63, 3.8) is 0 Å². The minimum Gasteiger partial charge on any atom is -0.361 e. The summed E-state index contributed by atoms with van der Waals surface area (Å²) in [5.41, 5.74) is 9.18. The second kappa shape index (κ2) is 11.7. The van der Waals surface area contributed by atoms with Gasteiger partial charge in [-0.25, -0.2) is 4.79 Å². The molecule has 0 spiro atoms. The molecular formula is C29H36N6O3. The molecule has 1 aliphatic rings. The quantitative estimate of drug-likeness (QED) is 0.241. The van der Waals surface area contributed by atoms with Crippen molar-refractivity contribution in [1.29, 1.82) is 0 Å². The maximum atomic E-state index is 13.8. The number of hydrogen-bond donors (Lipinski definition) is 4. The smallest absolute Gasteiger partial charge is 0.326 e. The lowest BCUT2D eigenvalue weighted by Crippen LogP contribution is -2.52. The number of piperidine rings is 1. The Morgan fingerprint density at radius 1 is 1.00 bits per heavy atom. The first-order chi connectivity index (χ1) is 18.5. The molecule has 2 aromatic carbocycles. The number of likely N-dealkylation sites (tertiary alicyclic amines) is 1. The number of para-hydroxylation sites is 3. The predicted octanol–water partition coefficient (Wildman–Crippen LogP) is 3.22. The van der Waals surface area contributed by atoms with Crippen LogP contribution in [0.15, 0.2) is 59.5 Å². The van der Waals surface area contributed by atoms with Gasteiger partial charge in [-0.05, 0) is 56.0 Å². The van der Waals surface area contributed by atoms with E-state index in [-0.39, 0.29) is 23.5 Å². The molecule has 1 atom stereocenters. The SMILES string of the molecule is NCCCCCC(=O)NC(Cc1c[nH]c2ccccc12)C(=O)N1CCC(n2c(=O)[nH]c3ccccc32)CC1. The van der Waals surface area contributed by atoms with Gasteiger partial charge in [0.05, 0.1) is 11.0 Å². The van der Waals surface area contributed by atoms with Crippen LogP contribution in [0.3, 0.4) is 0 Å². The van der Waals surface area contributed by atoms with Crippen molar-refractivity contribution in [2.24, 2.45) is 5.73 Å². The van der Waals surface area contributed by atoms with E-state index in [9.17, 15) is 14.4 Å². The first-order valence-electron chi connectivity index (χ1n) is 13.6. The van der Waals surface area contributed by atoms with E-state index < -0.39 is 6.04 Å². The number of unbranched alkanes of at least 4 members (excludes halogenated alkanes) is 2. The van der Waals surface area contributed by atoms with Gasteiger partial charge < -0.3 is 25.9 Å². The first-order valence-corrected chi connectivity index (χ1v) is 13.6. The van der Waals surface area contributed by atoms with Gasteiger partial charge in [0.25, 0.3) is 0 Å². The number of imidazole rings is 1. The number of amides is 2. The van der Waals surface area contributed by atoms with E-state index in [0.717, 1.165) is 46.8 Å². The minimum absolute atomic E-state index is 0.0203. The maximum Gasteiger partial charge on any atom is 0.326 e. The van der Waals surface area contributed by atoms with E-state index in [0.29, 0.717) is 45.3 Å². The molecule has 2 amide bonds. The standard InChI is InChI=1S/C29H36N6O3/c30-15-7-1-2-12-27(36)32-25(18-20-19-31-23-9-4-3-8-22(20)23)28(37)34-16-13-21(14-17-34)35-26-11-6-5-10-24(26)33-29(35)38/h3-6,8-11,19,21,25,31H,1-2,7,12-18,30H2,(H,32,36)(H,33,38). The summed E-state index contributed by atoms with van der Waals surface area (Å²) in [6.07, 6.45) is 6.62. The molecule has 4 aromatic rings. The molecule has 1 saturated heterocycles. The van der Waals surface area contributed by atoms with E-state index in [4.69, 9.17) is 5.73 Å². The molecule has 3 heterocycles. The number of rotatable bonds is 10. The zero-order valence-electron chi connectivity index (χ0n) is 21.6. The Kier molecular flexibility index (Phi) is 7.93. The van der Waals surface area contributed by atoms with Crippen LogP contribution in [0.5, 0.6) is 0 Å². The highest BCUT2D eigenvalue weighted by Gasteiger charge is 2.31. The summed E-state index contributed by atoms with van der Waals surface area (Å²) in [4.78, 5) is 47.3. The van der Waals surface area contributed by atoms with Crippen LogP contribution in [0, 0.1) is 0 Å². The lowest BCUT2D eigenvalue weighted by molar-refractivity contribution is -0.137. The number of aromatic amines is 2. The molecule has 0 aliphatic carbocycles. The van der Waals surface area contributed by atoms with Crippen LogP contribution < -0.4 is 16.7 Å². The molecule has 5 rings (SSSR count). The number of aromatic nitrogens is 3. The van der Waals surface area contributed by atoms with Crippen LogP contribution in [-0.2, 0) is 16.0 Å². The van der Waals surface area contributed by atoms with E-state index in [2.05, 4.69) is 15.3 Å². The minimum atomic E-state index is -0.649. The highest BCUT2D eigenvalue weighted by molar-refractivity contribution is 5.89. The number of nitrogens with one attached hydrogen (secondary N) is 3. The van der Waals surface area contributed by atoms with Gasteiger partial charge in [-0.2, -0.15) is 0 Å². The van der Waals surface area contributed by atoms with Gasteiger partial charge in [-0.1, -0.05) is 36.8 Å². The van der Waals surface area contributed by atoms with Crippen LogP contribution in [0.1, 0.15) is 50.1 Å². The fraction of sp³-hybridized carbons (Fsp3) is 0.414. The normalized spacial score (nSPS) is 15.2. The van der Waals surface area contributed by atoms with Crippen molar-refractivity contribution in [3.05, 3.63) is 70.8 Å². The monoisotopic (exact) mass is 516 g/mol. The van der Waals surface area contributed by atoms with Crippen molar-refractivity contribution >= 4 is 33.8 Å². The predicted molar refractivity (Wildman–Crippen MR) is 149 cm³/mol. The number of carbonyl (C=O) groups excluding carboxylic acids is 2. The number of carbonyl (C=O) groups is 2. The van der Waals surface area contributed by atoms with Gasteiger partial charge >= 0.3 is 5.69 Å². The third-order valence-electron chi connectivity index (χ3n) is 7.61. The summed E-state index contributed by atoms with van der Waals surface area (Å²) in [5.74, 6) is -0.184. The molecule has 9 heteroatoms. The second-order valence-corrected chi connectivity index (χ2v) is 10.2. The molecule has 1 unspecified atom stereocenters. The van der Waals surface area contributed by atoms with Gasteiger partial charge in [0.2, 0.25) is 11.8 Å². The van der Waals surface area contributed by atoms with Crippen LogP contribution in [0.4, 0.5) is 0 Å². The van der Waals surface area contributed by atoms with Crippen molar-refractivity contribution in [2.45, 2.75) is 57.0 Å². The summed E-state index contributed by atoms with van der Waals surface area (Å²) in [5, 5.41) is 4.09. The Morgan fingerprint density at radius 3 is 2.53 bits per heavy atom. The summed E-state index contributed by atoms with van der Waals surface area (Å²) >= 11 is 0. The highest BCUT2D eigenvalue weighted by atomic mass is 16.2. The molecule has 9 nitrogen and oxygen atoms in total. The third-order valence-corrected chi connectivity index (χ3v) is 7.61. The third kappa shape index (κ3) is 5.52. The average molecular weight is 517 g/mol. The Balaban J connectivity index is 1.29. The van der Waals surface area contributed by atoms with Crippen LogP contribution in [0.2, 0.25) is 0 Å². The van der Waals surface area contributed by atoms with Crippen molar-refractivity contribution in [3.8, 4) is 0 Å². The maximum absolute atomic E-state index is 13.8. The molecule has 0 saturated carbocycles. The van der Waals surface area contributed by atoms with Crippen LogP contribution in [0.25, 0.3) is 21.9 Å². The molecule has 1 fully saturated rings. The molecule has 1 aliphatic heterocycles. The van der Waals surface area contributed by atoms with E-state index in [1.54, 1.807) is 0 Å². The lowest BCUT2D eigenvalue weighted by atomic mass is 10.00. The zero-order chi connectivity index (χ0) is 26.5. The fourth-order valence-electron chi connectivity index (χ4n) is 5.60. The summed E-state index contributed by atoms with van der Waals surface area (Å²) in [7, 11) is 0. The zero-order valence-corrected chi connectivity index (χ0v) is 21.6. The molecular weight excluding hydrogens is 480 g/mol. The van der Waals surface area contributed by atoms with Crippen molar-refractivity contribution < 1.29 is 9.59 Å². The van der Waals surface area contributed by atoms with Crippen LogP contribution >= 0.6 is 0 Å². The Labute approximate surface area is 221 Å². The fourth-order valence-corrected chi connectivity index (χ4v) is 5.60. The Hall–Kier alpha value is -3.85. The van der Waals surface area contributed by atoms with E-state index >= 15 is 0 Å². The molecule has 2 aromatic heterocycles. The summed E-state index contributed by atoms with van der Waals surface area (Å²) < 4.78 is 1.82. The molecule has 38 heavy (non-hydrogen) atoms. The van der Waals surface area contributed by atoms with Gasteiger partial charge in [-0.3, -0.25) is 14.2 Å². The van der Waals surface area contributed by atoms with Gasteiger partial charge in [0.15, 0.2) is 0 Å². The summed E-state index contributed by atoms with van der Waals surface area (Å²) in [6, 6.07) is 15.0. The molecule has 0 bridgehead atoms. The van der Waals surface area contributed by atoms with Crippen LogP contribution in [-0.4, -0.2) is 56.9 Å². The molecule has 5 N–H and O–H groups in total. The average Bonchev–Trinajstić information content (AvgIpc) is 3.50. The lowest BCUT2D eigenvalue weighted by Gasteiger charge is -2.35.